The molecule has 2 atom stereocenters. The maximum Gasteiger partial charge on any atom is 0.379 e. The minimum absolute atomic E-state index is 0.164. The monoisotopic (exact) mass is 216 g/mol. The summed E-state index contributed by atoms with van der Waals surface area (Å²) >= 11 is 0. The number of halogens is 2. The van der Waals surface area contributed by atoms with Gasteiger partial charge in [0.15, 0.2) is 0 Å². The second-order valence-electron chi connectivity index (χ2n) is 5.08. The van der Waals surface area contributed by atoms with E-state index in [2.05, 4.69) is 0 Å². The molecule has 1 N–H and O–H groups in total. The van der Waals surface area contributed by atoms with Crippen LogP contribution in [0, 0.1) is 17.3 Å². The number of rotatable bonds is 2. The predicted octanol–water partition coefficient (Wildman–Crippen LogP) is 2.70. The Bertz CT molecular complexity index is 344. The van der Waals surface area contributed by atoms with Crippen LogP contribution in [0.25, 0.3) is 0 Å². The molecule has 84 valence electrons. The van der Waals surface area contributed by atoms with Crippen LogP contribution in [0.5, 0.6) is 0 Å². The van der Waals surface area contributed by atoms with Gasteiger partial charge >= 0.3 is 11.9 Å². The summed E-state index contributed by atoms with van der Waals surface area (Å²) in [6, 6.07) is 0. The Morgan fingerprint density at radius 2 is 2.20 bits per heavy atom. The number of hydrogen-bond acceptors (Lipinski definition) is 1. The number of carboxylic acid groups (broad SMARTS) is 1. The Labute approximate surface area is 87.0 Å². The summed E-state index contributed by atoms with van der Waals surface area (Å²) in [7, 11) is 0. The van der Waals surface area contributed by atoms with Crippen LogP contribution in [0.1, 0.15) is 26.7 Å². The molecule has 4 heteroatoms. The lowest BCUT2D eigenvalue weighted by Crippen LogP contribution is -2.52. The lowest BCUT2D eigenvalue weighted by molar-refractivity contribution is -0.163. The van der Waals surface area contributed by atoms with Crippen molar-refractivity contribution in [2.24, 2.45) is 17.3 Å². The molecule has 15 heavy (non-hydrogen) atoms. The van der Waals surface area contributed by atoms with Gasteiger partial charge in [-0.25, -0.2) is 4.79 Å². The van der Waals surface area contributed by atoms with E-state index in [1.54, 1.807) is 0 Å². The van der Waals surface area contributed by atoms with Gasteiger partial charge in [-0.1, -0.05) is 19.9 Å². The maximum absolute atomic E-state index is 13.4. The van der Waals surface area contributed by atoms with Gasteiger partial charge in [0.05, 0.1) is 0 Å². The van der Waals surface area contributed by atoms with Gasteiger partial charge in [-0.15, -0.1) is 0 Å². The molecule has 0 radical (unpaired) electrons. The van der Waals surface area contributed by atoms with E-state index in [0.717, 1.165) is 0 Å². The summed E-state index contributed by atoms with van der Waals surface area (Å²) in [5, 5.41) is 8.51. The summed E-state index contributed by atoms with van der Waals surface area (Å²) in [5.74, 6) is -5.54. The summed E-state index contributed by atoms with van der Waals surface area (Å²) < 4.78 is 26.8. The van der Waals surface area contributed by atoms with Crippen LogP contribution in [0.4, 0.5) is 8.78 Å². The molecule has 0 aromatic carbocycles. The molecule has 1 fully saturated rings. The Balaban J connectivity index is 2.33. The van der Waals surface area contributed by atoms with Gasteiger partial charge in [0, 0.05) is 5.57 Å². The van der Waals surface area contributed by atoms with Crippen molar-refractivity contribution in [1.82, 2.24) is 0 Å². The lowest BCUT2D eigenvalue weighted by Gasteiger charge is -2.56. The summed E-state index contributed by atoms with van der Waals surface area (Å²) in [4.78, 5) is 10.5. The number of allylic oxidation sites excluding steroid dienone is 1. The van der Waals surface area contributed by atoms with Crippen molar-refractivity contribution in [3.8, 4) is 0 Å². The van der Waals surface area contributed by atoms with Crippen LogP contribution in [-0.2, 0) is 4.79 Å². The van der Waals surface area contributed by atoms with E-state index in [1.165, 1.54) is 6.08 Å². The lowest BCUT2D eigenvalue weighted by atomic mass is 9.48. The molecule has 3 aliphatic rings. The molecule has 0 aliphatic heterocycles. The zero-order valence-corrected chi connectivity index (χ0v) is 8.76. The highest BCUT2D eigenvalue weighted by Crippen LogP contribution is 2.61. The van der Waals surface area contributed by atoms with Crippen molar-refractivity contribution < 1.29 is 18.7 Å². The van der Waals surface area contributed by atoms with E-state index in [9.17, 15) is 13.6 Å². The minimum Gasteiger partial charge on any atom is -0.477 e. The highest BCUT2D eigenvalue weighted by atomic mass is 19.3. The first-order chi connectivity index (χ1) is 6.78. The van der Waals surface area contributed by atoms with Gasteiger partial charge in [-0.3, -0.25) is 0 Å². The van der Waals surface area contributed by atoms with Crippen LogP contribution in [0.15, 0.2) is 11.6 Å². The molecular weight excluding hydrogens is 202 g/mol. The SMILES string of the molecule is CC1(C)C2CC=C(C(F)(F)C(=O)O)C1C2. The van der Waals surface area contributed by atoms with Gasteiger partial charge in [0.1, 0.15) is 0 Å². The van der Waals surface area contributed by atoms with Crippen LogP contribution < -0.4 is 0 Å². The summed E-state index contributed by atoms with van der Waals surface area (Å²) in [6.45, 7) is 3.88. The van der Waals surface area contributed by atoms with E-state index in [0.29, 0.717) is 18.8 Å². The van der Waals surface area contributed by atoms with Crippen LogP contribution in [-0.4, -0.2) is 17.0 Å². The Hall–Kier alpha value is -0.930. The number of alkyl halides is 2. The molecule has 0 saturated heterocycles. The zero-order chi connectivity index (χ0) is 11.4. The first kappa shape index (κ1) is 10.6. The second kappa shape index (κ2) is 2.80. The third-order valence-corrected chi connectivity index (χ3v) is 4.10. The minimum atomic E-state index is -3.69. The van der Waals surface area contributed by atoms with Crippen molar-refractivity contribution in [2.75, 3.05) is 0 Å². The van der Waals surface area contributed by atoms with Crippen LogP contribution in [0.2, 0.25) is 0 Å². The molecule has 3 rings (SSSR count). The summed E-state index contributed by atoms with van der Waals surface area (Å²) in [5.41, 5.74) is -0.342. The molecule has 2 nitrogen and oxygen atoms in total. The number of hydrogen-bond donors (Lipinski definition) is 1. The van der Waals surface area contributed by atoms with Crippen LogP contribution in [0.3, 0.4) is 0 Å². The fourth-order valence-electron chi connectivity index (χ4n) is 2.83. The van der Waals surface area contributed by atoms with E-state index in [4.69, 9.17) is 5.11 Å². The van der Waals surface area contributed by atoms with E-state index < -0.39 is 11.9 Å². The highest BCUT2D eigenvalue weighted by Gasteiger charge is 2.59. The quantitative estimate of drug-likeness (QED) is 0.720. The average molecular weight is 216 g/mol. The predicted molar refractivity (Wildman–Crippen MR) is 50.7 cm³/mol. The fraction of sp³-hybridized carbons (Fsp3) is 0.727. The largest absolute Gasteiger partial charge is 0.477 e. The van der Waals surface area contributed by atoms with Crippen molar-refractivity contribution in [3.63, 3.8) is 0 Å². The maximum atomic E-state index is 13.4. The zero-order valence-electron chi connectivity index (χ0n) is 8.76. The van der Waals surface area contributed by atoms with E-state index in [-0.39, 0.29) is 16.9 Å². The van der Waals surface area contributed by atoms with E-state index in [1.807, 2.05) is 13.8 Å². The molecule has 2 unspecified atom stereocenters. The van der Waals surface area contributed by atoms with E-state index >= 15 is 0 Å². The third-order valence-electron chi connectivity index (χ3n) is 4.10. The summed E-state index contributed by atoms with van der Waals surface area (Å²) in [6.07, 6.45) is 2.72. The van der Waals surface area contributed by atoms with Crippen molar-refractivity contribution in [3.05, 3.63) is 11.6 Å². The topological polar surface area (TPSA) is 37.3 Å². The van der Waals surface area contributed by atoms with Gasteiger partial charge in [-0.2, -0.15) is 8.78 Å². The number of fused-ring (bicyclic) bond motifs is 1. The molecule has 0 aromatic heterocycles. The van der Waals surface area contributed by atoms with Gasteiger partial charge in [0.25, 0.3) is 0 Å². The normalized spacial score (nSPS) is 32.9. The number of carboxylic acids is 1. The Kier molecular flexibility index (Phi) is 1.98. The van der Waals surface area contributed by atoms with Crippen molar-refractivity contribution >= 4 is 5.97 Å². The van der Waals surface area contributed by atoms with Gasteiger partial charge in [0.2, 0.25) is 0 Å². The standard InChI is InChI=1S/C11H14F2O2/c1-10(2)6-3-4-7(8(10)5-6)11(12,13)9(14)15/h4,6,8H,3,5H2,1-2H3,(H,14,15). The average Bonchev–Trinajstić information content (AvgIpc) is 2.17. The molecule has 0 heterocycles. The van der Waals surface area contributed by atoms with Crippen molar-refractivity contribution in [1.29, 1.82) is 0 Å². The molecule has 0 spiro atoms. The smallest absolute Gasteiger partial charge is 0.379 e. The molecule has 0 aromatic rings. The Morgan fingerprint density at radius 3 is 2.60 bits per heavy atom. The molecule has 2 bridgehead atoms. The highest BCUT2D eigenvalue weighted by molar-refractivity contribution is 5.80. The first-order valence-electron chi connectivity index (χ1n) is 5.09. The first-order valence-corrected chi connectivity index (χ1v) is 5.09. The van der Waals surface area contributed by atoms with Gasteiger partial charge in [-0.05, 0) is 30.1 Å². The Morgan fingerprint density at radius 1 is 1.60 bits per heavy atom. The number of aliphatic carboxylic acids is 1. The van der Waals surface area contributed by atoms with Crippen molar-refractivity contribution in [2.45, 2.75) is 32.6 Å². The molecule has 1 saturated carbocycles. The molecule has 3 aliphatic carbocycles. The fourth-order valence-corrected chi connectivity index (χ4v) is 2.83. The number of carbonyl (C=O) groups is 1. The molecule has 0 amide bonds. The van der Waals surface area contributed by atoms with Crippen LogP contribution >= 0.6 is 0 Å². The third kappa shape index (κ3) is 1.23. The molecular formula is C11H14F2O2. The van der Waals surface area contributed by atoms with Gasteiger partial charge < -0.3 is 5.11 Å². The second-order valence-corrected chi connectivity index (χ2v) is 5.08.